The van der Waals surface area contributed by atoms with E-state index in [1.807, 2.05) is 48.5 Å². The Morgan fingerprint density at radius 2 is 1.64 bits per heavy atom. The number of fused-ring (bicyclic) bond motifs is 1. The van der Waals surface area contributed by atoms with Crippen molar-refractivity contribution in [3.05, 3.63) is 107 Å². The van der Waals surface area contributed by atoms with Crippen LogP contribution in [0.2, 0.25) is 0 Å². The van der Waals surface area contributed by atoms with Crippen LogP contribution < -0.4 is 0 Å². The highest BCUT2D eigenvalue weighted by molar-refractivity contribution is 5.97. The van der Waals surface area contributed by atoms with E-state index in [1.165, 1.54) is 31.3 Å². The van der Waals surface area contributed by atoms with Crippen LogP contribution in [0.5, 0.6) is 0 Å². The summed E-state index contributed by atoms with van der Waals surface area (Å²) >= 11 is 0. The van der Waals surface area contributed by atoms with Crippen molar-refractivity contribution < 1.29 is 19.4 Å². The molecule has 5 rings (SSSR count). The van der Waals surface area contributed by atoms with Gasteiger partial charge >= 0.3 is 5.97 Å². The fourth-order valence-corrected chi connectivity index (χ4v) is 8.77. The first-order valence-electron chi connectivity index (χ1n) is 17.2. The molecule has 3 aliphatic rings. The number of carbonyl (C=O) groups excluding carboxylic acids is 2. The van der Waals surface area contributed by atoms with E-state index >= 15 is 0 Å². The van der Waals surface area contributed by atoms with E-state index in [9.17, 15) is 14.7 Å². The molecule has 0 aliphatic heterocycles. The Hall–Kier alpha value is -3.24. The number of aliphatic hydroxyl groups is 1. The molecule has 4 heteroatoms. The number of carbonyl (C=O) groups is 2. The summed E-state index contributed by atoms with van der Waals surface area (Å²) < 4.78 is 5.82. The lowest BCUT2D eigenvalue weighted by molar-refractivity contribution is 0.0147. The van der Waals surface area contributed by atoms with Crippen molar-refractivity contribution in [3.63, 3.8) is 0 Å². The van der Waals surface area contributed by atoms with E-state index in [1.54, 1.807) is 12.1 Å². The number of ketones is 1. The Balaban J connectivity index is 1.25. The topological polar surface area (TPSA) is 63.6 Å². The van der Waals surface area contributed by atoms with E-state index in [0.717, 1.165) is 36.0 Å². The molecule has 0 saturated heterocycles. The lowest BCUT2D eigenvalue weighted by Crippen LogP contribution is -2.36. The van der Waals surface area contributed by atoms with Crippen molar-refractivity contribution >= 4 is 11.8 Å². The molecule has 7 atom stereocenters. The molecule has 1 N–H and O–H groups in total. The third-order valence-corrected chi connectivity index (χ3v) is 11.4. The van der Waals surface area contributed by atoms with Gasteiger partial charge in [-0.05, 0) is 97.3 Å². The minimum Gasteiger partial charge on any atom is -0.458 e. The lowest BCUT2D eigenvalue weighted by Gasteiger charge is -2.44. The quantitative estimate of drug-likeness (QED) is 0.216. The van der Waals surface area contributed by atoms with Crippen LogP contribution in [0.15, 0.2) is 96.1 Å². The molecular formula is C41H52O4. The zero-order chi connectivity index (χ0) is 32.1. The maximum atomic E-state index is 13.4. The number of benzene rings is 2. The molecule has 4 nitrogen and oxygen atoms in total. The average molecular weight is 609 g/mol. The number of ether oxygens (including phenoxy) is 1. The second-order valence-corrected chi connectivity index (χ2v) is 14.5. The van der Waals surface area contributed by atoms with Crippen molar-refractivity contribution in [3.8, 4) is 0 Å². The number of Topliss-reactive ketones (excluding diaryl/α,β-unsaturated/α-hetero) is 1. The van der Waals surface area contributed by atoms with E-state index in [-0.39, 0.29) is 29.2 Å². The molecule has 0 bridgehead atoms. The number of rotatable bonds is 10. The second kappa shape index (κ2) is 14.5. The number of esters is 1. The van der Waals surface area contributed by atoms with Gasteiger partial charge in [-0.15, -0.1) is 0 Å². The molecule has 0 aromatic heterocycles. The van der Waals surface area contributed by atoms with Gasteiger partial charge in [-0.25, -0.2) is 4.79 Å². The summed E-state index contributed by atoms with van der Waals surface area (Å²) in [5.74, 6) is 2.08. The van der Waals surface area contributed by atoms with Crippen molar-refractivity contribution in [1.29, 1.82) is 0 Å². The molecule has 2 unspecified atom stereocenters. The third-order valence-electron chi connectivity index (χ3n) is 11.4. The molecule has 2 aromatic rings. The van der Waals surface area contributed by atoms with Crippen LogP contribution in [-0.2, 0) is 4.74 Å². The molecule has 2 aromatic carbocycles. The van der Waals surface area contributed by atoms with Crippen LogP contribution in [0, 0.1) is 35.0 Å². The zero-order valence-electron chi connectivity index (χ0n) is 27.7. The summed E-state index contributed by atoms with van der Waals surface area (Å²) in [6.45, 7) is 13.5. The maximum Gasteiger partial charge on any atom is 0.338 e. The molecule has 0 spiro atoms. The van der Waals surface area contributed by atoms with E-state index < -0.39 is 6.10 Å². The standard InChI is InChI=1S/C41H52O4/c1-27(2)35(39(43)31-13-8-6-9-14-31)21-18-28(3)36-22-23-37-30(17-12-24-41(36,37)5)19-20-33-25-34(26-38(42)29(33)4)45-40(44)32-15-10-7-11-16-32/h6-11,13-16,19-20,27-28,34-38,42H,4,12,17-18,21-26H2,1-3,5H3/b30-19?,33-20-/t28-,34+,35?,36-,37?,38-,41-/m1/s1. The summed E-state index contributed by atoms with van der Waals surface area (Å²) in [5, 5.41) is 10.8. The first kappa shape index (κ1) is 33.1. The Morgan fingerprint density at radius 1 is 0.978 bits per heavy atom. The SMILES string of the molecule is C=C1/C(=C\C=C2CCC[C@@]3(C)C2CC[C@@H]3[C@H](C)CCC(C(=O)c2ccccc2)C(C)C)C[C@H](OC(=O)c2ccccc2)C[C@H]1O. The monoisotopic (exact) mass is 608 g/mol. The minimum atomic E-state index is -0.714. The van der Waals surface area contributed by atoms with Crippen LogP contribution in [0.1, 0.15) is 106 Å². The summed E-state index contributed by atoms with van der Waals surface area (Å²) in [5.41, 5.74) is 4.84. The smallest absolute Gasteiger partial charge is 0.338 e. The number of aliphatic hydroxyl groups excluding tert-OH is 1. The fourth-order valence-electron chi connectivity index (χ4n) is 8.77. The predicted octanol–water partition coefficient (Wildman–Crippen LogP) is 9.56. The molecule has 0 radical (unpaired) electrons. The van der Waals surface area contributed by atoms with Crippen LogP contribution in [0.25, 0.3) is 0 Å². The normalized spacial score (nSPS) is 29.9. The van der Waals surface area contributed by atoms with Gasteiger partial charge in [-0.3, -0.25) is 4.79 Å². The summed E-state index contributed by atoms with van der Waals surface area (Å²) in [6, 6.07) is 18.8. The van der Waals surface area contributed by atoms with E-state index in [2.05, 4.69) is 46.4 Å². The van der Waals surface area contributed by atoms with Crippen molar-refractivity contribution in [2.24, 2.45) is 35.0 Å². The lowest BCUT2D eigenvalue weighted by atomic mass is 9.60. The van der Waals surface area contributed by atoms with Gasteiger partial charge in [0.1, 0.15) is 6.10 Å². The predicted molar refractivity (Wildman–Crippen MR) is 182 cm³/mol. The van der Waals surface area contributed by atoms with Gasteiger partial charge in [0.2, 0.25) is 0 Å². The van der Waals surface area contributed by atoms with Gasteiger partial charge in [-0.2, -0.15) is 0 Å². The molecule has 0 heterocycles. The van der Waals surface area contributed by atoms with Crippen molar-refractivity contribution in [1.82, 2.24) is 0 Å². The van der Waals surface area contributed by atoms with Gasteiger partial charge in [-0.1, -0.05) is 101 Å². The molecule has 3 fully saturated rings. The van der Waals surface area contributed by atoms with Gasteiger partial charge in [0.25, 0.3) is 0 Å². The highest BCUT2D eigenvalue weighted by Gasteiger charge is 2.50. The summed E-state index contributed by atoms with van der Waals surface area (Å²) in [4.78, 5) is 26.1. The molecule has 0 amide bonds. The number of hydrogen-bond acceptors (Lipinski definition) is 4. The van der Waals surface area contributed by atoms with Crippen LogP contribution >= 0.6 is 0 Å². The highest BCUT2D eigenvalue weighted by Crippen LogP contribution is 2.60. The first-order chi connectivity index (χ1) is 21.6. The zero-order valence-corrected chi connectivity index (χ0v) is 27.7. The van der Waals surface area contributed by atoms with Crippen LogP contribution in [-0.4, -0.2) is 29.1 Å². The Bertz CT molecular complexity index is 1400. The van der Waals surface area contributed by atoms with Gasteiger partial charge in [0.15, 0.2) is 5.78 Å². The highest BCUT2D eigenvalue weighted by atomic mass is 16.5. The van der Waals surface area contributed by atoms with Crippen LogP contribution in [0.3, 0.4) is 0 Å². The number of allylic oxidation sites excluding steroid dienone is 3. The molecule has 45 heavy (non-hydrogen) atoms. The molecule has 3 saturated carbocycles. The van der Waals surface area contributed by atoms with Crippen molar-refractivity contribution in [2.45, 2.75) is 97.7 Å². The Kier molecular flexibility index (Phi) is 10.6. The summed E-state index contributed by atoms with van der Waals surface area (Å²) in [6.07, 6.45) is 12.3. The minimum absolute atomic E-state index is 0.0584. The number of hydrogen-bond donors (Lipinski definition) is 1. The Labute approximate surface area is 270 Å². The van der Waals surface area contributed by atoms with E-state index in [0.29, 0.717) is 42.1 Å². The molecular weight excluding hydrogens is 556 g/mol. The Morgan fingerprint density at radius 3 is 2.31 bits per heavy atom. The van der Waals surface area contributed by atoms with Gasteiger partial charge in [0.05, 0.1) is 11.7 Å². The maximum absolute atomic E-state index is 13.4. The van der Waals surface area contributed by atoms with Gasteiger partial charge in [0, 0.05) is 24.3 Å². The van der Waals surface area contributed by atoms with Crippen molar-refractivity contribution in [2.75, 3.05) is 0 Å². The molecule has 240 valence electrons. The second-order valence-electron chi connectivity index (χ2n) is 14.5. The van der Waals surface area contributed by atoms with Crippen LogP contribution in [0.4, 0.5) is 0 Å². The first-order valence-corrected chi connectivity index (χ1v) is 17.2. The average Bonchev–Trinajstić information content (AvgIpc) is 3.40. The fraction of sp³-hybridized carbons (Fsp3) is 0.512. The van der Waals surface area contributed by atoms with E-state index in [4.69, 9.17) is 4.74 Å². The van der Waals surface area contributed by atoms with Gasteiger partial charge < -0.3 is 9.84 Å². The third kappa shape index (κ3) is 7.43. The largest absolute Gasteiger partial charge is 0.458 e. The molecule has 3 aliphatic carbocycles. The summed E-state index contributed by atoms with van der Waals surface area (Å²) in [7, 11) is 0.